The monoisotopic (exact) mass is 525 g/mol. The quantitative estimate of drug-likeness (QED) is 0.474. The molecule has 7 nitrogen and oxygen atoms in total. The van der Waals surface area contributed by atoms with Crippen LogP contribution < -0.4 is 5.32 Å². The maximum atomic E-state index is 13.4. The summed E-state index contributed by atoms with van der Waals surface area (Å²) in [6, 6.07) is 15.5. The highest BCUT2D eigenvalue weighted by Crippen LogP contribution is 2.32. The van der Waals surface area contributed by atoms with E-state index in [2.05, 4.69) is 5.32 Å². The Kier molecular flexibility index (Phi) is 7.82. The van der Waals surface area contributed by atoms with Gasteiger partial charge in [-0.2, -0.15) is 0 Å². The molecule has 1 aromatic heterocycles. The van der Waals surface area contributed by atoms with Gasteiger partial charge in [-0.25, -0.2) is 0 Å². The van der Waals surface area contributed by atoms with Crippen LogP contribution in [-0.4, -0.2) is 53.7 Å². The normalized spacial score (nSPS) is 14.1. The van der Waals surface area contributed by atoms with E-state index in [4.69, 9.17) is 27.6 Å². The zero-order valence-corrected chi connectivity index (χ0v) is 21.4. The van der Waals surface area contributed by atoms with Crippen molar-refractivity contribution in [1.29, 1.82) is 0 Å². The highest BCUT2D eigenvalue weighted by molar-refractivity contribution is 6.35. The lowest BCUT2D eigenvalue weighted by Gasteiger charge is -2.34. The first-order chi connectivity index (χ1) is 17.2. The van der Waals surface area contributed by atoms with E-state index in [1.165, 1.54) is 13.0 Å². The maximum absolute atomic E-state index is 13.4. The van der Waals surface area contributed by atoms with Gasteiger partial charge in [0, 0.05) is 55.3 Å². The van der Waals surface area contributed by atoms with Gasteiger partial charge in [0.05, 0.1) is 5.02 Å². The summed E-state index contributed by atoms with van der Waals surface area (Å²) in [6.45, 7) is 5.01. The molecule has 2 aromatic carbocycles. The van der Waals surface area contributed by atoms with E-state index < -0.39 is 5.91 Å². The zero-order valence-electron chi connectivity index (χ0n) is 19.9. The van der Waals surface area contributed by atoms with E-state index in [-0.39, 0.29) is 17.5 Å². The van der Waals surface area contributed by atoms with Crippen LogP contribution in [0.2, 0.25) is 10.0 Å². The number of halogens is 2. The second kappa shape index (κ2) is 11.0. The van der Waals surface area contributed by atoms with Gasteiger partial charge in [0.25, 0.3) is 11.8 Å². The summed E-state index contributed by atoms with van der Waals surface area (Å²) in [6.07, 6.45) is 1.49. The maximum Gasteiger partial charge on any atom is 0.270 e. The van der Waals surface area contributed by atoms with Gasteiger partial charge in [0.1, 0.15) is 17.2 Å². The molecule has 1 aliphatic heterocycles. The molecule has 186 valence electrons. The summed E-state index contributed by atoms with van der Waals surface area (Å²) in [4.78, 5) is 41.4. The molecule has 0 saturated carbocycles. The average Bonchev–Trinajstić information content (AvgIpc) is 3.33. The molecule has 3 aromatic rings. The van der Waals surface area contributed by atoms with E-state index in [0.29, 0.717) is 58.9 Å². The average molecular weight is 526 g/mol. The van der Waals surface area contributed by atoms with Crippen molar-refractivity contribution in [3.8, 4) is 11.3 Å². The van der Waals surface area contributed by atoms with Crippen molar-refractivity contribution in [2.45, 2.75) is 13.8 Å². The molecule has 1 saturated heterocycles. The Morgan fingerprint density at radius 1 is 0.917 bits per heavy atom. The van der Waals surface area contributed by atoms with Gasteiger partial charge in [-0.1, -0.05) is 40.9 Å². The first-order valence-corrected chi connectivity index (χ1v) is 12.2. The predicted octanol–water partition coefficient (Wildman–Crippen LogP) is 5.02. The minimum absolute atomic E-state index is 0.0340. The Balaban J connectivity index is 1.62. The van der Waals surface area contributed by atoms with Gasteiger partial charge in [0.2, 0.25) is 5.91 Å². The lowest BCUT2D eigenvalue weighted by Crippen LogP contribution is -2.51. The zero-order chi connectivity index (χ0) is 25.8. The molecule has 4 rings (SSSR count). The molecule has 1 aliphatic rings. The van der Waals surface area contributed by atoms with Crippen molar-refractivity contribution in [2.75, 3.05) is 26.2 Å². The Bertz CT molecular complexity index is 1320. The van der Waals surface area contributed by atoms with Gasteiger partial charge in [0.15, 0.2) is 0 Å². The fourth-order valence-corrected chi connectivity index (χ4v) is 4.23. The molecule has 0 aliphatic carbocycles. The molecular formula is C27H25Cl2N3O4. The highest BCUT2D eigenvalue weighted by Gasteiger charge is 2.26. The van der Waals surface area contributed by atoms with E-state index in [1.54, 1.807) is 52.3 Å². The molecule has 0 unspecified atom stereocenters. The van der Waals surface area contributed by atoms with Crippen LogP contribution in [0.3, 0.4) is 0 Å². The number of nitrogens with zero attached hydrogens (tertiary/aromatic N) is 2. The highest BCUT2D eigenvalue weighted by atomic mass is 35.5. The molecule has 0 atom stereocenters. The number of amides is 3. The van der Waals surface area contributed by atoms with Crippen LogP contribution in [0.1, 0.15) is 28.6 Å². The Morgan fingerprint density at radius 3 is 2.25 bits per heavy atom. The van der Waals surface area contributed by atoms with Gasteiger partial charge < -0.3 is 19.5 Å². The van der Waals surface area contributed by atoms with Crippen LogP contribution in [0.15, 0.2) is 64.7 Å². The SMILES string of the molecule is CC(=O)N1CCN(C(=O)/C(=C/c2ccc(-c3cc(Cl)ccc3Cl)o2)NC(=O)c2ccc(C)cc2)CC1. The first-order valence-electron chi connectivity index (χ1n) is 11.4. The summed E-state index contributed by atoms with van der Waals surface area (Å²) in [5, 5.41) is 3.72. The molecule has 2 heterocycles. The second-order valence-electron chi connectivity index (χ2n) is 8.50. The summed E-state index contributed by atoms with van der Waals surface area (Å²) < 4.78 is 5.93. The Labute approximate surface area is 219 Å². The van der Waals surface area contributed by atoms with Crippen molar-refractivity contribution in [3.63, 3.8) is 0 Å². The van der Waals surface area contributed by atoms with Gasteiger partial charge >= 0.3 is 0 Å². The Hall–Kier alpha value is -3.55. The van der Waals surface area contributed by atoms with Crippen molar-refractivity contribution < 1.29 is 18.8 Å². The number of furan rings is 1. The van der Waals surface area contributed by atoms with E-state index in [9.17, 15) is 14.4 Å². The third-order valence-electron chi connectivity index (χ3n) is 5.91. The topological polar surface area (TPSA) is 82.9 Å². The van der Waals surface area contributed by atoms with Crippen molar-refractivity contribution >= 4 is 47.0 Å². The molecule has 0 spiro atoms. The molecule has 9 heteroatoms. The third kappa shape index (κ3) is 5.98. The van der Waals surface area contributed by atoms with Gasteiger partial charge in [-0.05, 0) is 49.4 Å². The number of hydrogen-bond acceptors (Lipinski definition) is 4. The number of hydrogen-bond donors (Lipinski definition) is 1. The standard InChI is InChI=1S/C27H25Cl2N3O4/c1-17-3-5-19(6-4-17)26(34)30-24(27(35)32-13-11-31(12-14-32)18(2)33)16-21-8-10-25(36-21)22-15-20(28)7-9-23(22)29/h3-10,15-16H,11-14H2,1-2H3,(H,30,34)/b24-16-. The fraction of sp³-hybridized carbons (Fsp3) is 0.222. The van der Waals surface area contributed by atoms with Gasteiger partial charge in [-0.15, -0.1) is 0 Å². The van der Waals surface area contributed by atoms with Crippen LogP contribution in [0.25, 0.3) is 17.4 Å². The lowest BCUT2D eigenvalue weighted by molar-refractivity contribution is -0.136. The number of rotatable bonds is 5. The van der Waals surface area contributed by atoms with Crippen molar-refractivity contribution in [1.82, 2.24) is 15.1 Å². The largest absolute Gasteiger partial charge is 0.457 e. The number of aryl methyl sites for hydroxylation is 1. The third-order valence-corrected chi connectivity index (χ3v) is 6.48. The fourth-order valence-electron chi connectivity index (χ4n) is 3.85. The lowest BCUT2D eigenvalue weighted by atomic mass is 10.1. The molecular weight excluding hydrogens is 501 g/mol. The molecule has 1 fully saturated rings. The molecule has 0 radical (unpaired) electrons. The van der Waals surface area contributed by atoms with E-state index in [0.717, 1.165) is 5.56 Å². The summed E-state index contributed by atoms with van der Waals surface area (Å²) in [5.74, 6) is 0.0174. The second-order valence-corrected chi connectivity index (χ2v) is 9.35. The molecule has 36 heavy (non-hydrogen) atoms. The molecule has 3 amide bonds. The van der Waals surface area contributed by atoms with Crippen LogP contribution >= 0.6 is 23.2 Å². The molecule has 1 N–H and O–H groups in total. The van der Waals surface area contributed by atoms with Crippen LogP contribution in [0, 0.1) is 6.92 Å². The molecule has 0 bridgehead atoms. The number of piperazine rings is 1. The number of benzene rings is 2. The summed E-state index contributed by atoms with van der Waals surface area (Å²) in [7, 11) is 0. The van der Waals surface area contributed by atoms with Crippen molar-refractivity contribution in [2.24, 2.45) is 0 Å². The van der Waals surface area contributed by atoms with Crippen LogP contribution in [0.4, 0.5) is 0 Å². The number of carbonyl (C=O) groups is 3. The first kappa shape index (κ1) is 25.5. The van der Waals surface area contributed by atoms with Crippen LogP contribution in [-0.2, 0) is 9.59 Å². The van der Waals surface area contributed by atoms with Crippen LogP contribution in [0.5, 0.6) is 0 Å². The minimum Gasteiger partial charge on any atom is -0.457 e. The van der Waals surface area contributed by atoms with Gasteiger partial charge in [-0.3, -0.25) is 14.4 Å². The smallest absolute Gasteiger partial charge is 0.270 e. The van der Waals surface area contributed by atoms with Crippen molar-refractivity contribution in [3.05, 3.63) is 87.2 Å². The summed E-state index contributed by atoms with van der Waals surface area (Å²) in [5.41, 5.74) is 2.12. The Morgan fingerprint density at radius 2 is 1.58 bits per heavy atom. The summed E-state index contributed by atoms with van der Waals surface area (Å²) >= 11 is 12.4. The van der Waals surface area contributed by atoms with E-state index >= 15 is 0 Å². The number of nitrogens with one attached hydrogen (secondary N) is 1. The minimum atomic E-state index is -0.415. The predicted molar refractivity (Wildman–Crippen MR) is 140 cm³/mol. The van der Waals surface area contributed by atoms with E-state index in [1.807, 2.05) is 19.1 Å². The number of carbonyl (C=O) groups excluding carboxylic acids is 3.